The average molecular weight is 500 g/mol. The first kappa shape index (κ1) is 27.5. The number of hydrogen-bond donors (Lipinski definition) is 2. The summed E-state index contributed by atoms with van der Waals surface area (Å²) in [5.41, 5.74) is 0.515. The van der Waals surface area contributed by atoms with Crippen molar-refractivity contribution in [2.45, 2.75) is 95.6 Å². The molecule has 0 heterocycles. The van der Waals surface area contributed by atoms with Crippen LogP contribution in [-0.2, 0) is 20.7 Å². The Labute approximate surface area is 214 Å². The second-order valence-electron chi connectivity index (χ2n) is 10.6. The van der Waals surface area contributed by atoms with Gasteiger partial charge in [-0.25, -0.2) is 4.79 Å². The Kier molecular flexibility index (Phi) is 10.0. The summed E-state index contributed by atoms with van der Waals surface area (Å²) < 4.78 is 5.62. The molecule has 2 aromatic carbocycles. The molecule has 1 aliphatic carbocycles. The highest BCUT2D eigenvalue weighted by Gasteiger charge is 2.31. The number of aliphatic hydroxyl groups excluding tert-OH is 1. The third-order valence-corrected chi connectivity index (χ3v) is 8.07. The van der Waals surface area contributed by atoms with Gasteiger partial charge in [-0.2, -0.15) is 11.8 Å². The van der Waals surface area contributed by atoms with E-state index in [1.165, 1.54) is 0 Å². The van der Waals surface area contributed by atoms with Crippen molar-refractivity contribution in [3.05, 3.63) is 48.0 Å². The fraction of sp³-hybridized carbons (Fsp3) is 0.586. The van der Waals surface area contributed by atoms with Gasteiger partial charge in [0, 0.05) is 11.0 Å². The van der Waals surface area contributed by atoms with Crippen molar-refractivity contribution in [3.8, 4) is 0 Å². The van der Waals surface area contributed by atoms with E-state index in [0.717, 1.165) is 48.4 Å². The minimum Gasteiger partial charge on any atom is -0.458 e. The van der Waals surface area contributed by atoms with Crippen LogP contribution in [0.4, 0.5) is 0 Å². The Hall–Kier alpha value is -2.05. The third-order valence-electron chi connectivity index (χ3n) is 6.50. The molecular formula is C29H41NO4S. The monoisotopic (exact) mass is 499 g/mol. The number of hydrogen-bond acceptors (Lipinski definition) is 5. The van der Waals surface area contributed by atoms with Crippen molar-refractivity contribution in [2.24, 2.45) is 5.92 Å². The van der Waals surface area contributed by atoms with Crippen LogP contribution in [0.15, 0.2) is 42.5 Å². The molecule has 6 heteroatoms. The molecule has 0 aliphatic heterocycles. The number of unbranched alkanes of at least 4 members (excludes halogenated alkanes) is 1. The van der Waals surface area contributed by atoms with Crippen LogP contribution in [0.25, 0.3) is 10.8 Å². The molecule has 2 unspecified atom stereocenters. The van der Waals surface area contributed by atoms with Crippen LogP contribution in [0.3, 0.4) is 0 Å². The highest BCUT2D eigenvalue weighted by atomic mass is 32.2. The number of nitrogens with one attached hydrogen (secondary N) is 1. The summed E-state index contributed by atoms with van der Waals surface area (Å²) in [7, 11) is 0. The standard InChI is InChI=1S/C29H41NO4S/c1-5-6-15-24(28(33)34-29(2,3)4)30-27(32)22(19-35-26-17-10-16-25(26)31)18-21-13-9-12-20-11-7-8-14-23(20)21/h7-9,11-14,22,24-26,31H,5-6,10,15-19H2,1-4H3,(H,30,32)/t22-,24+,25?,26?/m1/s1. The van der Waals surface area contributed by atoms with Crippen molar-refractivity contribution in [1.29, 1.82) is 0 Å². The Bertz CT molecular complexity index is 981. The van der Waals surface area contributed by atoms with E-state index >= 15 is 0 Å². The second kappa shape index (κ2) is 12.8. The Morgan fingerprint density at radius 3 is 2.57 bits per heavy atom. The van der Waals surface area contributed by atoms with E-state index < -0.39 is 11.6 Å². The fourth-order valence-corrected chi connectivity index (χ4v) is 6.06. The third kappa shape index (κ3) is 8.25. The van der Waals surface area contributed by atoms with Gasteiger partial charge in [-0.05, 0) is 69.2 Å². The number of aliphatic hydroxyl groups is 1. The molecule has 1 saturated carbocycles. The summed E-state index contributed by atoms with van der Waals surface area (Å²) in [5.74, 6) is -0.205. The number of carbonyl (C=O) groups is 2. The first-order chi connectivity index (χ1) is 16.7. The molecule has 4 atom stereocenters. The SMILES string of the molecule is CCCC[C@H](NC(=O)[C@@H](CSC1CCCC1O)Cc1cccc2ccccc12)C(=O)OC(C)(C)C. The van der Waals surface area contributed by atoms with Crippen LogP contribution < -0.4 is 5.32 Å². The molecule has 35 heavy (non-hydrogen) atoms. The molecule has 1 aliphatic rings. The van der Waals surface area contributed by atoms with Gasteiger partial charge in [0.2, 0.25) is 5.91 Å². The van der Waals surface area contributed by atoms with E-state index in [2.05, 4.69) is 36.5 Å². The van der Waals surface area contributed by atoms with Crippen LogP contribution in [0.2, 0.25) is 0 Å². The maximum atomic E-state index is 13.6. The van der Waals surface area contributed by atoms with Gasteiger partial charge in [0.1, 0.15) is 11.6 Å². The van der Waals surface area contributed by atoms with E-state index in [1.807, 2.05) is 39.0 Å². The molecule has 1 fully saturated rings. The Morgan fingerprint density at radius 2 is 1.89 bits per heavy atom. The molecule has 2 N–H and O–H groups in total. The van der Waals surface area contributed by atoms with E-state index in [0.29, 0.717) is 18.6 Å². The van der Waals surface area contributed by atoms with Crippen LogP contribution in [0, 0.1) is 5.92 Å². The minimum absolute atomic E-state index is 0.120. The van der Waals surface area contributed by atoms with Crippen molar-refractivity contribution in [2.75, 3.05) is 5.75 Å². The lowest BCUT2D eigenvalue weighted by Gasteiger charge is -2.26. The lowest BCUT2D eigenvalue weighted by molar-refractivity contribution is -0.159. The first-order valence-corrected chi connectivity index (χ1v) is 14.0. The van der Waals surface area contributed by atoms with Gasteiger partial charge in [0.25, 0.3) is 0 Å². The number of rotatable bonds is 11. The molecule has 192 valence electrons. The summed E-state index contributed by atoms with van der Waals surface area (Å²) in [4.78, 5) is 26.5. The van der Waals surface area contributed by atoms with Crippen molar-refractivity contribution in [1.82, 2.24) is 5.32 Å². The van der Waals surface area contributed by atoms with Crippen LogP contribution >= 0.6 is 11.8 Å². The van der Waals surface area contributed by atoms with Crippen LogP contribution in [0.1, 0.15) is 71.8 Å². The topological polar surface area (TPSA) is 75.6 Å². The number of ether oxygens (including phenoxy) is 1. The lowest BCUT2D eigenvalue weighted by atomic mass is 9.95. The van der Waals surface area contributed by atoms with Gasteiger partial charge >= 0.3 is 5.97 Å². The summed E-state index contributed by atoms with van der Waals surface area (Å²) in [5, 5.41) is 15.8. The minimum atomic E-state index is -0.654. The van der Waals surface area contributed by atoms with E-state index in [9.17, 15) is 14.7 Å². The van der Waals surface area contributed by atoms with Gasteiger partial charge < -0.3 is 15.2 Å². The molecule has 0 saturated heterocycles. The van der Waals surface area contributed by atoms with Crippen molar-refractivity contribution in [3.63, 3.8) is 0 Å². The normalized spacial score (nSPS) is 19.9. The largest absolute Gasteiger partial charge is 0.458 e. The van der Waals surface area contributed by atoms with Gasteiger partial charge in [-0.1, -0.05) is 62.2 Å². The van der Waals surface area contributed by atoms with Gasteiger partial charge in [0.05, 0.1) is 12.0 Å². The quantitative estimate of drug-likeness (QED) is 0.390. The highest BCUT2D eigenvalue weighted by Crippen LogP contribution is 2.32. The molecule has 5 nitrogen and oxygen atoms in total. The summed E-state index contributed by atoms with van der Waals surface area (Å²) >= 11 is 1.69. The molecule has 0 aromatic heterocycles. The number of esters is 1. The number of amides is 1. The molecule has 2 aromatic rings. The van der Waals surface area contributed by atoms with Crippen molar-refractivity contribution < 1.29 is 19.4 Å². The number of carbonyl (C=O) groups excluding carboxylic acids is 2. The smallest absolute Gasteiger partial charge is 0.329 e. The summed E-state index contributed by atoms with van der Waals surface area (Å²) in [6, 6.07) is 13.8. The van der Waals surface area contributed by atoms with Gasteiger partial charge in [0.15, 0.2) is 0 Å². The Balaban J connectivity index is 1.80. The zero-order chi connectivity index (χ0) is 25.4. The van der Waals surface area contributed by atoms with Crippen molar-refractivity contribution >= 4 is 34.4 Å². The highest BCUT2D eigenvalue weighted by molar-refractivity contribution is 8.00. The van der Waals surface area contributed by atoms with E-state index in [1.54, 1.807) is 11.8 Å². The fourth-order valence-electron chi connectivity index (χ4n) is 4.62. The lowest BCUT2D eigenvalue weighted by Crippen LogP contribution is -2.47. The molecule has 1 amide bonds. The molecule has 0 bridgehead atoms. The first-order valence-electron chi connectivity index (χ1n) is 13.0. The number of fused-ring (bicyclic) bond motifs is 1. The maximum Gasteiger partial charge on any atom is 0.329 e. The predicted molar refractivity (Wildman–Crippen MR) is 145 cm³/mol. The number of benzene rings is 2. The van der Waals surface area contributed by atoms with Gasteiger partial charge in [-0.3, -0.25) is 4.79 Å². The molecule has 3 rings (SSSR count). The van der Waals surface area contributed by atoms with E-state index in [-0.39, 0.29) is 29.1 Å². The predicted octanol–water partition coefficient (Wildman–Crippen LogP) is 5.66. The second-order valence-corrected chi connectivity index (χ2v) is 11.9. The maximum absolute atomic E-state index is 13.6. The van der Waals surface area contributed by atoms with Gasteiger partial charge in [-0.15, -0.1) is 0 Å². The zero-order valence-electron chi connectivity index (χ0n) is 21.6. The summed E-state index contributed by atoms with van der Waals surface area (Å²) in [6.45, 7) is 7.60. The van der Waals surface area contributed by atoms with Crippen LogP contribution in [0.5, 0.6) is 0 Å². The zero-order valence-corrected chi connectivity index (χ0v) is 22.4. The number of thioether (sulfide) groups is 1. The average Bonchev–Trinajstić information content (AvgIpc) is 3.22. The molecule has 0 radical (unpaired) electrons. The summed E-state index contributed by atoms with van der Waals surface area (Å²) in [6.07, 6.45) is 5.44. The van der Waals surface area contributed by atoms with Crippen LogP contribution in [-0.4, -0.2) is 45.7 Å². The Morgan fingerprint density at radius 1 is 1.14 bits per heavy atom. The van der Waals surface area contributed by atoms with E-state index in [4.69, 9.17) is 4.74 Å². The molecule has 0 spiro atoms. The molecular weight excluding hydrogens is 458 g/mol.